The lowest BCUT2D eigenvalue weighted by Crippen LogP contribution is -2.32. The molecule has 1 atom stereocenters. The molecule has 1 fully saturated rings. The van der Waals surface area contributed by atoms with Crippen LogP contribution in [0, 0.1) is 17.6 Å². The van der Waals surface area contributed by atoms with Gasteiger partial charge in [-0.2, -0.15) is 0 Å². The molecule has 3 rings (SSSR count). The summed E-state index contributed by atoms with van der Waals surface area (Å²) in [5, 5.41) is 0. The highest BCUT2D eigenvalue weighted by atomic mass is 19.1. The minimum atomic E-state index is -0.519. The molecule has 5 heteroatoms. The molecule has 0 spiro atoms. The maximum atomic E-state index is 14.0. The van der Waals surface area contributed by atoms with Gasteiger partial charge in [0.2, 0.25) is 5.91 Å². The molecule has 0 aliphatic carbocycles. The smallest absolute Gasteiger partial charge is 0.227 e. The molecule has 24 heavy (non-hydrogen) atoms. The fourth-order valence-corrected chi connectivity index (χ4v) is 2.87. The molecule has 1 saturated heterocycles. The second-order valence-electron chi connectivity index (χ2n) is 5.98. The number of ether oxygens (including phenoxy) is 1. The fourth-order valence-electron chi connectivity index (χ4n) is 2.87. The zero-order valence-electron chi connectivity index (χ0n) is 13.3. The molecule has 126 valence electrons. The van der Waals surface area contributed by atoms with E-state index in [9.17, 15) is 13.6 Å². The van der Waals surface area contributed by atoms with Gasteiger partial charge in [0.15, 0.2) is 0 Å². The molecule has 1 amide bonds. The zero-order chi connectivity index (χ0) is 16.9. The van der Waals surface area contributed by atoms with Gasteiger partial charge >= 0.3 is 0 Å². The monoisotopic (exact) mass is 331 g/mol. The zero-order valence-corrected chi connectivity index (χ0v) is 13.3. The third kappa shape index (κ3) is 3.97. The van der Waals surface area contributed by atoms with Crippen molar-refractivity contribution in [1.29, 1.82) is 0 Å². The van der Waals surface area contributed by atoms with Crippen LogP contribution in [0.2, 0.25) is 0 Å². The summed E-state index contributed by atoms with van der Waals surface area (Å²) in [5.74, 6) is -0.966. The van der Waals surface area contributed by atoms with E-state index in [-0.39, 0.29) is 23.9 Å². The Balaban J connectivity index is 1.84. The summed E-state index contributed by atoms with van der Waals surface area (Å²) in [6.45, 7) is 1.24. The van der Waals surface area contributed by atoms with Crippen LogP contribution in [0.15, 0.2) is 48.5 Å². The van der Waals surface area contributed by atoms with Crippen LogP contribution in [-0.2, 0) is 16.1 Å². The summed E-state index contributed by atoms with van der Waals surface area (Å²) in [7, 11) is 0. The first-order chi connectivity index (χ1) is 11.6. The molecule has 0 saturated carbocycles. The van der Waals surface area contributed by atoms with E-state index in [2.05, 4.69) is 0 Å². The summed E-state index contributed by atoms with van der Waals surface area (Å²) in [5.41, 5.74) is 0.833. The highest BCUT2D eigenvalue weighted by Crippen LogP contribution is 2.24. The van der Waals surface area contributed by atoms with Crippen molar-refractivity contribution in [2.75, 3.05) is 18.1 Å². The Bertz CT molecular complexity index is 700. The average molecular weight is 331 g/mol. The highest BCUT2D eigenvalue weighted by molar-refractivity contribution is 5.93. The predicted molar refractivity (Wildman–Crippen MR) is 87.5 cm³/mol. The number of halogens is 2. The second-order valence-corrected chi connectivity index (χ2v) is 5.98. The number of hydrogen-bond donors (Lipinski definition) is 0. The molecule has 0 N–H and O–H groups in total. The van der Waals surface area contributed by atoms with Gasteiger partial charge in [0.05, 0.1) is 6.54 Å². The Morgan fingerprint density at radius 2 is 1.96 bits per heavy atom. The summed E-state index contributed by atoms with van der Waals surface area (Å²) in [6.07, 6.45) is 1.19. The Hall–Kier alpha value is -2.27. The minimum Gasteiger partial charge on any atom is -0.381 e. The number of amides is 1. The van der Waals surface area contributed by atoms with Gasteiger partial charge in [0.25, 0.3) is 0 Å². The Morgan fingerprint density at radius 3 is 2.67 bits per heavy atom. The number of anilines is 1. The number of benzene rings is 2. The van der Waals surface area contributed by atoms with Crippen molar-refractivity contribution in [2.45, 2.75) is 19.4 Å². The normalized spacial score (nSPS) is 17.0. The third-order valence-electron chi connectivity index (χ3n) is 4.19. The summed E-state index contributed by atoms with van der Waals surface area (Å²) in [6, 6.07) is 12.4. The molecule has 0 aromatic heterocycles. The van der Waals surface area contributed by atoms with E-state index < -0.39 is 11.6 Å². The number of carbonyl (C=O) groups is 1. The Morgan fingerprint density at radius 1 is 1.17 bits per heavy atom. The molecular weight excluding hydrogens is 312 g/mol. The summed E-state index contributed by atoms with van der Waals surface area (Å²) < 4.78 is 32.7. The van der Waals surface area contributed by atoms with Crippen molar-refractivity contribution >= 4 is 11.6 Å². The molecule has 1 unspecified atom stereocenters. The Kier molecular flexibility index (Phi) is 5.20. The van der Waals surface area contributed by atoms with Gasteiger partial charge in [0, 0.05) is 30.9 Å². The highest BCUT2D eigenvalue weighted by Gasteiger charge is 2.24. The summed E-state index contributed by atoms with van der Waals surface area (Å²) >= 11 is 0. The predicted octanol–water partition coefficient (Wildman–Crippen LogP) is 3.92. The van der Waals surface area contributed by atoms with Crippen LogP contribution >= 0.6 is 0 Å². The van der Waals surface area contributed by atoms with E-state index in [1.54, 1.807) is 12.1 Å². The van der Waals surface area contributed by atoms with Gasteiger partial charge in [-0.15, -0.1) is 0 Å². The molecule has 2 aromatic carbocycles. The van der Waals surface area contributed by atoms with E-state index in [1.807, 2.05) is 18.2 Å². The van der Waals surface area contributed by atoms with Crippen LogP contribution in [-0.4, -0.2) is 19.1 Å². The lowest BCUT2D eigenvalue weighted by molar-refractivity contribution is -0.119. The number of rotatable bonds is 5. The number of carbonyl (C=O) groups excluding carboxylic acids is 1. The molecule has 1 aliphatic heterocycles. The Labute approximate surface area is 139 Å². The van der Waals surface area contributed by atoms with Crippen LogP contribution < -0.4 is 4.90 Å². The van der Waals surface area contributed by atoms with E-state index >= 15 is 0 Å². The number of nitrogens with zero attached hydrogens (tertiary/aromatic N) is 1. The SMILES string of the molecule is O=C(CC1CCOC1)N(Cc1cc(F)ccc1F)c1ccccc1. The van der Waals surface area contributed by atoms with E-state index in [1.165, 1.54) is 4.90 Å². The van der Waals surface area contributed by atoms with Crippen molar-refractivity contribution in [2.24, 2.45) is 5.92 Å². The van der Waals surface area contributed by atoms with Gasteiger partial charge in [-0.25, -0.2) is 8.78 Å². The molecule has 1 heterocycles. The van der Waals surface area contributed by atoms with E-state index in [0.29, 0.717) is 25.3 Å². The standard InChI is InChI=1S/C19H19F2NO2/c20-16-6-7-18(21)15(11-16)12-22(17-4-2-1-3-5-17)19(23)10-14-8-9-24-13-14/h1-7,11,14H,8-10,12-13H2. The van der Waals surface area contributed by atoms with Gasteiger partial charge in [-0.3, -0.25) is 4.79 Å². The molecular formula is C19H19F2NO2. The van der Waals surface area contributed by atoms with Crippen LogP contribution in [0.5, 0.6) is 0 Å². The molecule has 0 radical (unpaired) electrons. The maximum absolute atomic E-state index is 14.0. The first kappa shape index (κ1) is 16.6. The van der Waals surface area contributed by atoms with Crippen LogP contribution in [0.25, 0.3) is 0 Å². The van der Waals surface area contributed by atoms with Gasteiger partial charge in [-0.05, 0) is 42.7 Å². The van der Waals surface area contributed by atoms with Crippen LogP contribution in [0.4, 0.5) is 14.5 Å². The van der Waals surface area contributed by atoms with Gasteiger partial charge in [0.1, 0.15) is 11.6 Å². The van der Waals surface area contributed by atoms with Crippen molar-refractivity contribution in [3.8, 4) is 0 Å². The first-order valence-corrected chi connectivity index (χ1v) is 8.00. The molecule has 1 aliphatic rings. The third-order valence-corrected chi connectivity index (χ3v) is 4.19. The van der Waals surface area contributed by atoms with Crippen molar-refractivity contribution in [1.82, 2.24) is 0 Å². The van der Waals surface area contributed by atoms with Gasteiger partial charge < -0.3 is 9.64 Å². The number of hydrogen-bond acceptors (Lipinski definition) is 2. The topological polar surface area (TPSA) is 29.5 Å². The first-order valence-electron chi connectivity index (χ1n) is 8.00. The van der Waals surface area contributed by atoms with E-state index in [4.69, 9.17) is 4.74 Å². The fraction of sp³-hybridized carbons (Fsp3) is 0.316. The lowest BCUT2D eigenvalue weighted by Gasteiger charge is -2.24. The molecule has 2 aromatic rings. The largest absolute Gasteiger partial charge is 0.381 e. The van der Waals surface area contributed by atoms with E-state index in [0.717, 1.165) is 24.6 Å². The van der Waals surface area contributed by atoms with Crippen LogP contribution in [0.1, 0.15) is 18.4 Å². The van der Waals surface area contributed by atoms with Crippen molar-refractivity contribution < 1.29 is 18.3 Å². The quantitative estimate of drug-likeness (QED) is 0.831. The van der Waals surface area contributed by atoms with Crippen LogP contribution in [0.3, 0.4) is 0 Å². The lowest BCUT2D eigenvalue weighted by atomic mass is 10.0. The molecule has 3 nitrogen and oxygen atoms in total. The van der Waals surface area contributed by atoms with Crippen molar-refractivity contribution in [3.05, 3.63) is 65.7 Å². The number of para-hydroxylation sites is 1. The molecule has 0 bridgehead atoms. The summed E-state index contributed by atoms with van der Waals surface area (Å²) in [4.78, 5) is 14.3. The minimum absolute atomic E-state index is 0.0000170. The maximum Gasteiger partial charge on any atom is 0.227 e. The van der Waals surface area contributed by atoms with Crippen molar-refractivity contribution in [3.63, 3.8) is 0 Å². The van der Waals surface area contributed by atoms with Gasteiger partial charge in [-0.1, -0.05) is 18.2 Å². The average Bonchev–Trinajstić information content (AvgIpc) is 3.09. The second kappa shape index (κ2) is 7.53.